The summed E-state index contributed by atoms with van der Waals surface area (Å²) in [7, 11) is 0. The molecule has 0 saturated heterocycles. The Bertz CT molecular complexity index is 191. The van der Waals surface area contributed by atoms with Crippen molar-refractivity contribution in [3.8, 4) is 0 Å². The van der Waals surface area contributed by atoms with Crippen LogP contribution in [0.3, 0.4) is 0 Å². The minimum atomic E-state index is 0.528. The normalized spacial score (nSPS) is 8.29. The lowest BCUT2D eigenvalue weighted by atomic mass is 10.2. The molecule has 4 N–H and O–H groups in total. The minimum Gasteiger partial charge on any atom is -0.310 e. The smallest absolute Gasteiger partial charge is 0.0224 e. The first-order valence-electron chi connectivity index (χ1n) is 4.41. The van der Waals surface area contributed by atoms with E-state index in [0.29, 0.717) is 35.7 Å². The molecule has 0 unspecified atom stereocenters. The molecule has 0 aromatic heterocycles. The van der Waals surface area contributed by atoms with Crippen LogP contribution < -0.4 is 0 Å². The monoisotopic (exact) mass is 196 g/mol. The lowest BCUT2D eigenvalue weighted by Crippen LogP contribution is -1.95. The van der Waals surface area contributed by atoms with Gasteiger partial charge in [0.15, 0.2) is 0 Å². The summed E-state index contributed by atoms with van der Waals surface area (Å²) in [6.45, 7) is 6.83. The molecule has 0 fully saturated rings. The van der Waals surface area contributed by atoms with Crippen LogP contribution in [0, 0.1) is 21.6 Å². The van der Waals surface area contributed by atoms with Gasteiger partial charge in [-0.15, -0.1) is 0 Å². The van der Waals surface area contributed by atoms with Gasteiger partial charge in [-0.3, -0.25) is 0 Å². The average molecular weight is 196 g/mol. The van der Waals surface area contributed by atoms with Crippen LogP contribution >= 0.6 is 0 Å². The Kier molecular flexibility index (Phi) is 8.98. The zero-order valence-corrected chi connectivity index (χ0v) is 9.41. The van der Waals surface area contributed by atoms with Crippen molar-refractivity contribution in [2.24, 2.45) is 0 Å². The molecule has 4 heteroatoms. The maximum atomic E-state index is 6.88. The molecule has 80 valence electrons. The third-order valence-corrected chi connectivity index (χ3v) is 1.06. The zero-order valence-electron chi connectivity index (χ0n) is 9.41. The van der Waals surface area contributed by atoms with Crippen molar-refractivity contribution in [3.63, 3.8) is 0 Å². The van der Waals surface area contributed by atoms with E-state index in [4.69, 9.17) is 21.6 Å². The van der Waals surface area contributed by atoms with Crippen LogP contribution in [0.2, 0.25) is 0 Å². The molecule has 0 aliphatic heterocycles. The molecule has 0 spiro atoms. The molecule has 0 aliphatic carbocycles. The second-order valence-electron chi connectivity index (χ2n) is 3.47. The summed E-state index contributed by atoms with van der Waals surface area (Å²) in [5, 5.41) is 27.5. The molecule has 0 aliphatic rings. The molecule has 0 bridgehead atoms. The van der Waals surface area contributed by atoms with Crippen LogP contribution in [-0.2, 0) is 0 Å². The van der Waals surface area contributed by atoms with Crippen molar-refractivity contribution >= 4 is 22.8 Å². The minimum absolute atomic E-state index is 0.528. The molecule has 14 heavy (non-hydrogen) atoms. The number of nitrogens with one attached hydrogen (secondary N) is 4. The summed E-state index contributed by atoms with van der Waals surface area (Å²) in [6.07, 6.45) is 1.06. The van der Waals surface area contributed by atoms with Gasteiger partial charge in [0.2, 0.25) is 0 Å². The SMILES string of the molecule is CC(=N)CC(C)=N.CC(=N)CC(C)=N. The topological polar surface area (TPSA) is 95.4 Å². The van der Waals surface area contributed by atoms with E-state index in [1.165, 1.54) is 0 Å². The Morgan fingerprint density at radius 3 is 0.714 bits per heavy atom. The summed E-state index contributed by atoms with van der Waals surface area (Å²) >= 11 is 0. The highest BCUT2D eigenvalue weighted by atomic mass is 14.4. The second kappa shape index (κ2) is 8.29. The molecular weight excluding hydrogens is 176 g/mol. The first-order valence-corrected chi connectivity index (χ1v) is 4.41. The van der Waals surface area contributed by atoms with Crippen molar-refractivity contribution in [1.29, 1.82) is 21.6 Å². The maximum absolute atomic E-state index is 6.88. The standard InChI is InChI=1S/2C5H10N2/c2*1-4(6)3-5(2)7/h2*6-7H,3H2,1-2H3. The van der Waals surface area contributed by atoms with Gasteiger partial charge in [0.25, 0.3) is 0 Å². The van der Waals surface area contributed by atoms with Gasteiger partial charge in [0, 0.05) is 35.7 Å². The van der Waals surface area contributed by atoms with E-state index < -0.39 is 0 Å². The molecule has 0 radical (unpaired) electrons. The second-order valence-corrected chi connectivity index (χ2v) is 3.47. The molecule has 0 heterocycles. The van der Waals surface area contributed by atoms with Crippen molar-refractivity contribution in [3.05, 3.63) is 0 Å². The Morgan fingerprint density at radius 1 is 0.571 bits per heavy atom. The van der Waals surface area contributed by atoms with Gasteiger partial charge in [-0.2, -0.15) is 0 Å². The fourth-order valence-electron chi connectivity index (χ4n) is 0.795. The highest BCUT2D eigenvalue weighted by Crippen LogP contribution is 1.82. The Morgan fingerprint density at radius 2 is 0.714 bits per heavy atom. The van der Waals surface area contributed by atoms with E-state index in [1.807, 2.05) is 0 Å². The molecule has 0 amide bonds. The van der Waals surface area contributed by atoms with Crippen molar-refractivity contribution in [2.45, 2.75) is 40.5 Å². The molecular formula is C10H20N4. The van der Waals surface area contributed by atoms with E-state index in [2.05, 4.69) is 0 Å². The van der Waals surface area contributed by atoms with Crippen molar-refractivity contribution in [1.82, 2.24) is 0 Å². The van der Waals surface area contributed by atoms with Gasteiger partial charge in [0.05, 0.1) is 0 Å². The van der Waals surface area contributed by atoms with Gasteiger partial charge in [-0.25, -0.2) is 0 Å². The maximum Gasteiger partial charge on any atom is 0.0224 e. The Labute approximate surface area is 85.8 Å². The van der Waals surface area contributed by atoms with Gasteiger partial charge in [0.1, 0.15) is 0 Å². The van der Waals surface area contributed by atoms with E-state index in [0.717, 1.165) is 0 Å². The molecule has 4 nitrogen and oxygen atoms in total. The lowest BCUT2D eigenvalue weighted by Gasteiger charge is -1.89. The largest absolute Gasteiger partial charge is 0.310 e. The lowest BCUT2D eigenvalue weighted by molar-refractivity contribution is 1.32. The molecule has 0 aromatic rings. The highest BCUT2D eigenvalue weighted by Gasteiger charge is 1.87. The molecule has 0 aromatic carbocycles. The molecule has 0 atom stereocenters. The summed E-state index contributed by atoms with van der Waals surface area (Å²) in [5.74, 6) is 0. The fourth-order valence-corrected chi connectivity index (χ4v) is 0.795. The van der Waals surface area contributed by atoms with E-state index >= 15 is 0 Å². The third kappa shape index (κ3) is 22.4. The van der Waals surface area contributed by atoms with Crippen LogP contribution in [-0.4, -0.2) is 22.8 Å². The van der Waals surface area contributed by atoms with Gasteiger partial charge in [-0.1, -0.05) is 0 Å². The van der Waals surface area contributed by atoms with Crippen LogP contribution in [0.1, 0.15) is 40.5 Å². The van der Waals surface area contributed by atoms with Gasteiger partial charge in [-0.05, 0) is 27.7 Å². The van der Waals surface area contributed by atoms with Gasteiger partial charge < -0.3 is 21.6 Å². The predicted octanol–water partition coefficient (Wildman–Crippen LogP) is 2.91. The van der Waals surface area contributed by atoms with Crippen LogP contribution in [0.15, 0.2) is 0 Å². The quantitative estimate of drug-likeness (QED) is 0.497. The van der Waals surface area contributed by atoms with Gasteiger partial charge >= 0.3 is 0 Å². The first-order chi connectivity index (χ1) is 6.25. The number of rotatable bonds is 4. The van der Waals surface area contributed by atoms with Crippen LogP contribution in [0.4, 0.5) is 0 Å². The zero-order chi connectivity index (χ0) is 11.7. The van der Waals surface area contributed by atoms with Crippen molar-refractivity contribution < 1.29 is 0 Å². The molecule has 0 saturated carbocycles. The summed E-state index contributed by atoms with van der Waals surface area (Å²) < 4.78 is 0. The summed E-state index contributed by atoms with van der Waals surface area (Å²) in [4.78, 5) is 0. The third-order valence-electron chi connectivity index (χ3n) is 1.06. The number of hydrogen-bond acceptors (Lipinski definition) is 4. The first kappa shape index (κ1) is 15.2. The number of hydrogen-bond donors (Lipinski definition) is 4. The van der Waals surface area contributed by atoms with Crippen molar-refractivity contribution in [2.75, 3.05) is 0 Å². The average Bonchev–Trinajstić information content (AvgIpc) is 1.79. The van der Waals surface area contributed by atoms with E-state index in [-0.39, 0.29) is 0 Å². The Hall–Kier alpha value is -1.32. The highest BCUT2D eigenvalue weighted by molar-refractivity contribution is 5.99. The molecule has 0 rings (SSSR count). The van der Waals surface area contributed by atoms with Crippen LogP contribution in [0.25, 0.3) is 0 Å². The summed E-state index contributed by atoms with van der Waals surface area (Å²) in [6, 6.07) is 0. The predicted molar refractivity (Wildman–Crippen MR) is 62.8 cm³/mol. The van der Waals surface area contributed by atoms with Crippen LogP contribution in [0.5, 0.6) is 0 Å². The Balaban J connectivity index is 0. The van der Waals surface area contributed by atoms with E-state index in [1.54, 1.807) is 27.7 Å². The summed E-state index contributed by atoms with van der Waals surface area (Å²) in [5.41, 5.74) is 2.25. The fraction of sp³-hybridized carbons (Fsp3) is 0.600. The van der Waals surface area contributed by atoms with E-state index in [9.17, 15) is 0 Å².